The number of aliphatic carboxylic acids is 1. The molecule has 2 fully saturated rings. The van der Waals surface area contributed by atoms with Crippen molar-refractivity contribution in [3.05, 3.63) is 63.8 Å². The van der Waals surface area contributed by atoms with E-state index in [0.29, 0.717) is 48.1 Å². The van der Waals surface area contributed by atoms with Crippen molar-refractivity contribution in [2.75, 3.05) is 0 Å². The zero-order valence-corrected chi connectivity index (χ0v) is 28.3. The van der Waals surface area contributed by atoms with Crippen molar-refractivity contribution >= 4 is 17.5 Å². The lowest BCUT2D eigenvalue weighted by atomic mass is 9.62. The van der Waals surface area contributed by atoms with E-state index in [-0.39, 0.29) is 40.8 Å². The van der Waals surface area contributed by atoms with Gasteiger partial charge in [0.15, 0.2) is 11.6 Å². The first-order chi connectivity index (χ1) is 22.0. The number of carbonyl (C=O) groups is 3. The topological polar surface area (TPSA) is 140 Å². The molecule has 1 aromatic carbocycles. The highest BCUT2D eigenvalue weighted by Crippen LogP contribution is 2.61. The third kappa shape index (κ3) is 5.26. The fraction of sp³-hybridized carbons (Fsp3) is 0.553. The van der Waals surface area contributed by atoms with Gasteiger partial charge in [-0.05, 0) is 86.5 Å². The second-order valence-electron chi connectivity index (χ2n) is 15.1. The van der Waals surface area contributed by atoms with Crippen molar-refractivity contribution < 1.29 is 43.9 Å². The maximum Gasteiger partial charge on any atom is 0.330 e. The van der Waals surface area contributed by atoms with E-state index in [1.54, 1.807) is 6.08 Å². The zero-order valence-electron chi connectivity index (χ0n) is 28.3. The van der Waals surface area contributed by atoms with Crippen LogP contribution in [0.3, 0.4) is 0 Å². The number of carboxylic acids is 1. The Bertz CT molecular complexity index is 1670. The standard InChI is InChI=1S/C38H46O9/c1-17(2)9-11-22-33-28(31(41)27-26-21(18(3)4)13-14-38(8,35(26)42)47-34(22)27)30(40)23-15-20-16-24(32(23)45-33)37(6,7)46-25(29(20)39)12-10-19(5)36(43)44/h9-10,15,20-21,24-26,32,35,41-42H,3,11-14,16H2,1-2,4-8H3,(H,43,44)/b19-10-/t20-,21?,24?,25+,26-,32-,35?,38-/m1/s1. The monoisotopic (exact) mass is 646 g/mol. The summed E-state index contributed by atoms with van der Waals surface area (Å²) in [5.74, 6) is -2.96. The van der Waals surface area contributed by atoms with E-state index < -0.39 is 59.0 Å². The molecule has 0 radical (unpaired) electrons. The van der Waals surface area contributed by atoms with Crippen molar-refractivity contribution in [2.24, 2.45) is 17.8 Å². The van der Waals surface area contributed by atoms with Gasteiger partial charge in [0.05, 0.1) is 5.60 Å². The number of aliphatic hydroxyl groups is 1. The molecular formula is C38H46O9. The summed E-state index contributed by atoms with van der Waals surface area (Å²) < 4.78 is 19.9. The first-order valence-corrected chi connectivity index (χ1v) is 16.6. The minimum absolute atomic E-state index is 0.0234. The molecule has 3 unspecified atom stereocenters. The number of fused-ring (bicyclic) bond motifs is 9. The van der Waals surface area contributed by atoms with Crippen LogP contribution in [0.15, 0.2) is 47.1 Å². The van der Waals surface area contributed by atoms with Crippen LogP contribution in [0.25, 0.3) is 0 Å². The van der Waals surface area contributed by atoms with Gasteiger partial charge in [0, 0.05) is 40.0 Å². The molecule has 1 aromatic rings. The molecule has 4 bridgehead atoms. The first-order valence-electron chi connectivity index (χ1n) is 16.6. The Kier molecular flexibility index (Phi) is 8.11. The largest absolute Gasteiger partial charge is 0.507 e. The minimum atomic E-state index is -1.07. The van der Waals surface area contributed by atoms with Gasteiger partial charge in [0.1, 0.15) is 46.7 Å². The normalized spacial score (nSPS) is 33.6. The third-order valence-electron chi connectivity index (χ3n) is 11.2. The maximum atomic E-state index is 14.6. The van der Waals surface area contributed by atoms with Crippen LogP contribution in [-0.2, 0) is 20.7 Å². The number of aliphatic hydroxyl groups excluding tert-OH is 1. The summed E-state index contributed by atoms with van der Waals surface area (Å²) in [6, 6.07) is 0. The van der Waals surface area contributed by atoms with Gasteiger partial charge in [-0.25, -0.2) is 4.79 Å². The average Bonchev–Trinajstić information content (AvgIpc) is 3.05. The lowest BCUT2D eigenvalue weighted by Crippen LogP contribution is -2.56. The van der Waals surface area contributed by atoms with Gasteiger partial charge in [-0.1, -0.05) is 36.0 Å². The summed E-state index contributed by atoms with van der Waals surface area (Å²) in [6.07, 6.45) is 4.79. The van der Waals surface area contributed by atoms with Crippen molar-refractivity contribution in [3.63, 3.8) is 0 Å². The van der Waals surface area contributed by atoms with Gasteiger partial charge in [-0.2, -0.15) is 0 Å². The second kappa shape index (κ2) is 11.5. The van der Waals surface area contributed by atoms with Crippen molar-refractivity contribution in [1.29, 1.82) is 0 Å². The Morgan fingerprint density at radius 3 is 2.45 bits per heavy atom. The zero-order chi connectivity index (χ0) is 34.3. The van der Waals surface area contributed by atoms with Crippen LogP contribution in [0.4, 0.5) is 0 Å². The lowest BCUT2D eigenvalue weighted by molar-refractivity contribution is -0.145. The van der Waals surface area contributed by atoms with Crippen LogP contribution in [0, 0.1) is 17.8 Å². The molecule has 47 heavy (non-hydrogen) atoms. The molecule has 1 saturated carbocycles. The summed E-state index contributed by atoms with van der Waals surface area (Å²) >= 11 is 0. The van der Waals surface area contributed by atoms with Gasteiger partial charge in [0.25, 0.3) is 0 Å². The Morgan fingerprint density at radius 2 is 1.81 bits per heavy atom. The number of Topliss-reactive ketones (excluding diaryl/α,β-unsaturated/α-hetero) is 2. The quantitative estimate of drug-likeness (QED) is 0.245. The molecule has 5 aliphatic rings. The smallest absolute Gasteiger partial charge is 0.330 e. The molecule has 2 aliphatic carbocycles. The van der Waals surface area contributed by atoms with Crippen molar-refractivity contribution in [3.8, 4) is 17.2 Å². The van der Waals surface area contributed by atoms with Crippen LogP contribution in [0.1, 0.15) is 102 Å². The molecule has 0 amide bonds. The molecule has 9 heteroatoms. The van der Waals surface area contributed by atoms with Crippen LogP contribution in [0.5, 0.6) is 17.2 Å². The highest BCUT2D eigenvalue weighted by atomic mass is 16.5. The molecule has 3 N–H and O–H groups in total. The summed E-state index contributed by atoms with van der Waals surface area (Å²) in [5, 5.41) is 33.1. The molecule has 3 aliphatic heterocycles. The Labute approximate surface area is 276 Å². The van der Waals surface area contributed by atoms with E-state index in [9.17, 15) is 29.7 Å². The van der Waals surface area contributed by atoms with E-state index in [2.05, 4.69) is 6.58 Å². The SMILES string of the molecule is C=C(C)C1CC[C@@]2(C)Oc3c(CC=C(C)C)c4c(c(O)c3[C@@H]1C2O)C(=O)C1=C[C@@H]2CC([C@@H]1O4)C(C)(C)O[C@@H](C/C=C(/C)C(=O)O)C2=O. The molecular weight excluding hydrogens is 600 g/mol. The predicted octanol–water partition coefficient (Wildman–Crippen LogP) is 6.16. The Balaban J connectivity index is 1.52. The van der Waals surface area contributed by atoms with E-state index in [1.807, 2.05) is 47.6 Å². The van der Waals surface area contributed by atoms with Crippen LogP contribution >= 0.6 is 0 Å². The summed E-state index contributed by atoms with van der Waals surface area (Å²) in [5.41, 5.74) is 1.62. The number of aromatic hydroxyl groups is 1. The predicted molar refractivity (Wildman–Crippen MR) is 175 cm³/mol. The maximum absolute atomic E-state index is 14.6. The molecule has 8 atom stereocenters. The molecule has 3 heterocycles. The molecule has 1 saturated heterocycles. The number of carboxylic acid groups (broad SMARTS) is 1. The molecule has 252 valence electrons. The van der Waals surface area contributed by atoms with E-state index in [4.69, 9.17) is 14.2 Å². The Morgan fingerprint density at radius 1 is 1.11 bits per heavy atom. The number of hydrogen-bond acceptors (Lipinski definition) is 8. The number of allylic oxidation sites excluding steroid dienone is 4. The number of rotatable bonds is 6. The van der Waals surface area contributed by atoms with Gasteiger partial charge < -0.3 is 29.5 Å². The first kappa shape index (κ1) is 33.2. The van der Waals surface area contributed by atoms with Gasteiger partial charge in [-0.3, -0.25) is 9.59 Å². The number of hydrogen-bond donors (Lipinski definition) is 3. The number of ether oxygens (including phenoxy) is 3. The highest BCUT2D eigenvalue weighted by Gasteiger charge is 2.58. The van der Waals surface area contributed by atoms with Crippen molar-refractivity contribution in [2.45, 2.75) is 116 Å². The third-order valence-corrected chi connectivity index (χ3v) is 11.2. The van der Waals surface area contributed by atoms with E-state index in [1.165, 1.54) is 13.0 Å². The fourth-order valence-corrected chi connectivity index (χ4v) is 8.40. The number of benzene rings is 1. The number of phenolic OH excluding ortho intramolecular Hbond substituents is 1. The molecule has 9 nitrogen and oxygen atoms in total. The van der Waals surface area contributed by atoms with Crippen molar-refractivity contribution in [1.82, 2.24) is 0 Å². The average molecular weight is 647 g/mol. The Hall–Kier alpha value is -3.69. The van der Waals surface area contributed by atoms with Gasteiger partial charge in [-0.15, -0.1) is 0 Å². The fourth-order valence-electron chi connectivity index (χ4n) is 8.40. The van der Waals surface area contributed by atoms with E-state index in [0.717, 1.165) is 11.1 Å². The summed E-state index contributed by atoms with van der Waals surface area (Å²) in [4.78, 5) is 39.9. The summed E-state index contributed by atoms with van der Waals surface area (Å²) in [6.45, 7) is 17.2. The molecule has 6 rings (SSSR count). The molecule has 0 spiro atoms. The van der Waals surface area contributed by atoms with Gasteiger partial charge in [0.2, 0.25) is 0 Å². The number of phenols is 1. The summed E-state index contributed by atoms with van der Waals surface area (Å²) in [7, 11) is 0. The number of carbonyl (C=O) groups excluding carboxylic acids is 2. The van der Waals surface area contributed by atoms with E-state index >= 15 is 0 Å². The van der Waals surface area contributed by atoms with Crippen LogP contribution in [0.2, 0.25) is 0 Å². The number of ketones is 2. The second-order valence-corrected chi connectivity index (χ2v) is 15.1. The van der Waals surface area contributed by atoms with Crippen LogP contribution < -0.4 is 9.47 Å². The van der Waals surface area contributed by atoms with Crippen LogP contribution in [-0.4, -0.2) is 62.4 Å². The highest BCUT2D eigenvalue weighted by molar-refractivity contribution is 6.15. The minimum Gasteiger partial charge on any atom is -0.507 e. The van der Waals surface area contributed by atoms with Gasteiger partial charge >= 0.3 is 5.97 Å². The molecule has 0 aromatic heterocycles. The lowest BCUT2D eigenvalue weighted by Gasteiger charge is -2.52.